The summed E-state index contributed by atoms with van der Waals surface area (Å²) in [5, 5.41) is 24.6. The second-order valence-electron chi connectivity index (χ2n) is 11.0. The van der Waals surface area contributed by atoms with E-state index >= 15 is 4.39 Å². The second-order valence-corrected chi connectivity index (χ2v) is 11.0. The van der Waals surface area contributed by atoms with E-state index in [0.717, 1.165) is 35.6 Å². The number of fused-ring (bicyclic) bond motifs is 1. The molecule has 0 radical (unpaired) electrons. The van der Waals surface area contributed by atoms with Gasteiger partial charge in [-0.1, -0.05) is 0 Å². The van der Waals surface area contributed by atoms with Crippen LogP contribution in [0, 0.1) is 17.6 Å². The van der Waals surface area contributed by atoms with Crippen LogP contribution in [0.3, 0.4) is 0 Å². The zero-order valence-corrected chi connectivity index (χ0v) is 24.5. The minimum Gasteiger partial charge on any atom is -0.453 e. The first-order valence-corrected chi connectivity index (χ1v) is 14.3. The van der Waals surface area contributed by atoms with Gasteiger partial charge in [-0.25, -0.2) is 23.1 Å². The zero-order chi connectivity index (χ0) is 31.7. The summed E-state index contributed by atoms with van der Waals surface area (Å²) in [6.07, 6.45) is 3.11. The third kappa shape index (κ3) is 6.42. The highest BCUT2D eigenvalue weighted by Crippen LogP contribution is 2.35. The first-order valence-electron chi connectivity index (χ1n) is 14.3. The molecule has 3 heterocycles. The lowest BCUT2D eigenvalue weighted by atomic mass is 10.2. The number of ether oxygens (including phenoxy) is 2. The van der Waals surface area contributed by atoms with Crippen molar-refractivity contribution in [3.8, 4) is 17.2 Å². The number of nitrogens with zero attached hydrogens (tertiary/aromatic N) is 4. The number of hydrogen-bond donors (Lipinski definition) is 4. The number of aromatic amines is 1. The van der Waals surface area contributed by atoms with Gasteiger partial charge in [-0.15, -0.1) is 0 Å². The SMILES string of the molecule is COC[C@H](C)Nc1n[nH]c2nccc(Oc3ccc(NC(O)c4cn(CC5CC5)c(=O)n(-c5ccc(F)cc5)c4=O)cc3F)c12. The first kappa shape index (κ1) is 30.0. The standard InChI is InChI=1S/C31H31F2N7O5/c1-17(16-44-2)35-28-26-25(11-12-34-27(26)37-38-28)45-24-10-7-20(13-23(24)33)36-29(41)22-15-39(14-18-3-4-18)31(43)40(30(22)42)21-8-5-19(32)6-9-21/h5-13,15,17-18,29,36,41H,3-4,14,16H2,1-2H3,(H2,34,35,37,38)/t17-,29?/m0/s1. The molecule has 0 amide bonds. The van der Waals surface area contributed by atoms with Gasteiger partial charge >= 0.3 is 5.69 Å². The highest BCUT2D eigenvalue weighted by Gasteiger charge is 2.26. The Morgan fingerprint density at radius 1 is 1.09 bits per heavy atom. The minimum absolute atomic E-state index is 0.0732. The average molecular weight is 620 g/mol. The van der Waals surface area contributed by atoms with Crippen molar-refractivity contribution in [2.45, 2.75) is 38.6 Å². The van der Waals surface area contributed by atoms with E-state index in [1.807, 2.05) is 6.92 Å². The van der Waals surface area contributed by atoms with Crippen LogP contribution in [-0.4, -0.2) is 49.2 Å². The summed E-state index contributed by atoms with van der Waals surface area (Å²) in [6.45, 7) is 2.71. The number of H-pyrrole nitrogens is 1. The zero-order valence-electron chi connectivity index (χ0n) is 24.5. The van der Waals surface area contributed by atoms with Gasteiger partial charge in [0.15, 0.2) is 29.3 Å². The summed E-state index contributed by atoms with van der Waals surface area (Å²) in [6, 6.07) is 10.4. The Bertz CT molecular complexity index is 1950. The number of aliphatic hydroxyl groups excluding tert-OH is 1. The van der Waals surface area contributed by atoms with Crippen molar-refractivity contribution in [3.05, 3.63) is 99.0 Å². The molecule has 12 nitrogen and oxygen atoms in total. The maximum atomic E-state index is 15.3. The number of rotatable bonds is 12. The van der Waals surface area contributed by atoms with Crippen LogP contribution in [0.15, 0.2) is 70.5 Å². The summed E-state index contributed by atoms with van der Waals surface area (Å²) in [5.74, 6) is -0.315. The molecule has 14 heteroatoms. The predicted octanol–water partition coefficient (Wildman–Crippen LogP) is 4.30. The quantitative estimate of drug-likeness (QED) is 0.150. The summed E-state index contributed by atoms with van der Waals surface area (Å²) >= 11 is 0. The molecule has 45 heavy (non-hydrogen) atoms. The normalized spacial score (nSPS) is 14.3. The summed E-state index contributed by atoms with van der Waals surface area (Å²) in [7, 11) is 1.59. The van der Waals surface area contributed by atoms with Crippen molar-refractivity contribution in [2.24, 2.45) is 5.92 Å². The smallest absolute Gasteiger partial charge is 0.335 e. The van der Waals surface area contributed by atoms with Gasteiger partial charge in [-0.2, -0.15) is 5.10 Å². The van der Waals surface area contributed by atoms with Gasteiger partial charge in [0.05, 0.1) is 17.9 Å². The number of anilines is 2. The van der Waals surface area contributed by atoms with Crippen LogP contribution in [-0.2, 0) is 11.3 Å². The van der Waals surface area contributed by atoms with E-state index in [0.29, 0.717) is 35.8 Å². The highest BCUT2D eigenvalue weighted by molar-refractivity contribution is 5.93. The van der Waals surface area contributed by atoms with Crippen LogP contribution in [0.2, 0.25) is 0 Å². The predicted molar refractivity (Wildman–Crippen MR) is 163 cm³/mol. The third-order valence-corrected chi connectivity index (χ3v) is 7.39. The fraction of sp³-hybridized carbons (Fsp3) is 0.290. The number of hydrogen-bond acceptors (Lipinski definition) is 9. The minimum atomic E-state index is -1.60. The Morgan fingerprint density at radius 3 is 2.58 bits per heavy atom. The number of halogens is 2. The lowest BCUT2D eigenvalue weighted by Gasteiger charge is -2.18. The van der Waals surface area contributed by atoms with Gasteiger partial charge in [0.1, 0.15) is 17.0 Å². The van der Waals surface area contributed by atoms with E-state index in [-0.39, 0.29) is 34.6 Å². The molecule has 0 spiro atoms. The number of aliphatic hydroxyl groups is 1. The van der Waals surface area contributed by atoms with E-state index in [1.165, 1.54) is 41.2 Å². The molecule has 1 aliphatic carbocycles. The van der Waals surface area contributed by atoms with Crippen molar-refractivity contribution < 1.29 is 23.4 Å². The molecule has 0 saturated heterocycles. The van der Waals surface area contributed by atoms with E-state index in [2.05, 4.69) is 25.8 Å². The number of pyridine rings is 1. The Morgan fingerprint density at radius 2 is 1.87 bits per heavy atom. The fourth-order valence-corrected chi connectivity index (χ4v) is 5.00. The number of nitrogens with one attached hydrogen (secondary N) is 3. The van der Waals surface area contributed by atoms with Crippen molar-refractivity contribution in [2.75, 3.05) is 24.4 Å². The Labute approximate surface area is 255 Å². The molecule has 1 fully saturated rings. The number of benzene rings is 2. The summed E-state index contributed by atoms with van der Waals surface area (Å²) < 4.78 is 42.2. The van der Waals surface area contributed by atoms with E-state index in [9.17, 15) is 19.1 Å². The molecule has 1 aliphatic rings. The lowest BCUT2D eigenvalue weighted by Crippen LogP contribution is -2.41. The molecule has 6 rings (SSSR count). The number of methoxy groups -OCH3 is 1. The molecule has 3 aromatic heterocycles. The highest BCUT2D eigenvalue weighted by atomic mass is 19.1. The van der Waals surface area contributed by atoms with Crippen molar-refractivity contribution in [1.29, 1.82) is 0 Å². The van der Waals surface area contributed by atoms with Crippen LogP contribution in [0.5, 0.6) is 11.5 Å². The van der Waals surface area contributed by atoms with Gasteiger partial charge in [0, 0.05) is 49.9 Å². The fourth-order valence-electron chi connectivity index (χ4n) is 5.00. The lowest BCUT2D eigenvalue weighted by molar-refractivity contribution is 0.190. The van der Waals surface area contributed by atoms with Crippen LogP contribution in [0.25, 0.3) is 16.7 Å². The van der Waals surface area contributed by atoms with Gasteiger partial charge < -0.3 is 25.2 Å². The largest absolute Gasteiger partial charge is 0.453 e. The van der Waals surface area contributed by atoms with E-state index in [1.54, 1.807) is 13.2 Å². The molecule has 1 unspecified atom stereocenters. The molecule has 0 bridgehead atoms. The molecule has 0 aliphatic heterocycles. The van der Waals surface area contributed by atoms with Crippen molar-refractivity contribution >= 4 is 22.5 Å². The molecule has 2 aromatic carbocycles. The maximum absolute atomic E-state index is 15.3. The van der Waals surface area contributed by atoms with Crippen LogP contribution in [0.1, 0.15) is 31.6 Å². The van der Waals surface area contributed by atoms with Crippen LogP contribution >= 0.6 is 0 Å². The molecule has 4 N–H and O–H groups in total. The Hall–Kier alpha value is -5.08. The average Bonchev–Trinajstić information content (AvgIpc) is 3.74. The van der Waals surface area contributed by atoms with Gasteiger partial charge in [0.2, 0.25) is 0 Å². The monoisotopic (exact) mass is 619 g/mol. The third-order valence-electron chi connectivity index (χ3n) is 7.39. The van der Waals surface area contributed by atoms with Gasteiger partial charge in [-0.05, 0) is 62.1 Å². The Kier molecular flexibility index (Phi) is 8.32. The maximum Gasteiger partial charge on any atom is 0.335 e. The van der Waals surface area contributed by atoms with Gasteiger partial charge in [0.25, 0.3) is 5.56 Å². The second kappa shape index (κ2) is 12.5. The van der Waals surface area contributed by atoms with Crippen LogP contribution in [0.4, 0.5) is 20.3 Å². The van der Waals surface area contributed by atoms with Crippen LogP contribution < -0.4 is 26.6 Å². The van der Waals surface area contributed by atoms with Crippen molar-refractivity contribution in [3.63, 3.8) is 0 Å². The van der Waals surface area contributed by atoms with Gasteiger partial charge in [-0.3, -0.25) is 14.5 Å². The molecule has 5 aromatic rings. The topological polar surface area (TPSA) is 148 Å². The van der Waals surface area contributed by atoms with E-state index in [4.69, 9.17) is 9.47 Å². The molecule has 2 atom stereocenters. The molecule has 234 valence electrons. The summed E-state index contributed by atoms with van der Waals surface area (Å²) in [5.41, 5.74) is -0.773. The molecule has 1 saturated carbocycles. The molecular formula is C31H31F2N7O5. The first-order chi connectivity index (χ1) is 21.7. The molecular weight excluding hydrogens is 588 g/mol. The Balaban J connectivity index is 1.26. The summed E-state index contributed by atoms with van der Waals surface area (Å²) in [4.78, 5) is 30.9. The number of aromatic nitrogens is 5. The van der Waals surface area contributed by atoms with Crippen molar-refractivity contribution in [1.82, 2.24) is 24.3 Å². The van der Waals surface area contributed by atoms with E-state index < -0.39 is 29.1 Å².